The van der Waals surface area contributed by atoms with Crippen LogP contribution in [0.15, 0.2) is 28.7 Å². The molecule has 3 amide bonds. The second-order valence-electron chi connectivity index (χ2n) is 17.0. The van der Waals surface area contributed by atoms with Gasteiger partial charge < -0.3 is 35.8 Å². The number of hydrogen-bond acceptors (Lipinski definition) is 15. The Morgan fingerprint density at radius 3 is 2.43 bits per heavy atom. The molecular weight excluding hydrogens is 801 g/mol. The van der Waals surface area contributed by atoms with Gasteiger partial charge in [-0.2, -0.15) is 13.5 Å². The molecule has 7 atom stereocenters. The molecule has 1 aromatic carbocycles. The maximum absolute atomic E-state index is 13.8. The van der Waals surface area contributed by atoms with Crippen molar-refractivity contribution in [1.82, 2.24) is 20.7 Å². The summed E-state index contributed by atoms with van der Waals surface area (Å²) in [5.74, 6) is -2.60. The number of carboxylic acid groups (broad SMARTS) is 1. The second kappa shape index (κ2) is 15.0. The highest BCUT2D eigenvalue weighted by atomic mass is 32.3. The number of thiazole rings is 1. The van der Waals surface area contributed by atoms with Crippen molar-refractivity contribution in [2.45, 2.75) is 122 Å². The van der Waals surface area contributed by atoms with E-state index in [-0.39, 0.29) is 40.6 Å². The van der Waals surface area contributed by atoms with Gasteiger partial charge >= 0.3 is 22.5 Å². The lowest BCUT2D eigenvalue weighted by molar-refractivity contribution is -0.218. The van der Waals surface area contributed by atoms with Gasteiger partial charge in [-0.3, -0.25) is 24.9 Å². The minimum atomic E-state index is -5.08. The summed E-state index contributed by atoms with van der Waals surface area (Å²) in [6.45, 7) is 11.1. The number of aromatic nitrogens is 1. The first-order chi connectivity index (χ1) is 26.8. The summed E-state index contributed by atoms with van der Waals surface area (Å²) in [6, 6.07) is 4.13. The van der Waals surface area contributed by atoms with Crippen molar-refractivity contribution < 1.29 is 55.9 Å². The third kappa shape index (κ3) is 8.75. The number of hydroxylamine groups is 2. The van der Waals surface area contributed by atoms with Crippen LogP contribution in [0, 0.1) is 16.7 Å². The highest BCUT2D eigenvalue weighted by molar-refractivity contribution is 7.80. The summed E-state index contributed by atoms with van der Waals surface area (Å²) < 4.78 is 47.5. The Kier molecular flexibility index (Phi) is 11.1. The Labute approximate surface area is 338 Å². The van der Waals surface area contributed by atoms with Crippen LogP contribution in [0.3, 0.4) is 0 Å². The SMILES string of the molecule is C[C@@H]1CC2(C[C@@H]1NC(=N)c1ccc3c(c1)CC[C@H]([C@](C)(O/N=C(\C(=O)N[C@@H]1C(=O)N(OS(=O)(=O)O)C1(C)C)c1csc(NC(=O)OC(C)(C)C)n1)C(=O)O)O3)C[C@@H]2N. The number of benzene rings is 1. The van der Waals surface area contributed by atoms with E-state index < -0.39 is 68.9 Å². The summed E-state index contributed by atoms with van der Waals surface area (Å²) in [6.07, 6.45) is 1.48. The Hall–Kier alpha value is -4.90. The standard InChI is InChI=1S/C36H48N8O12S2/c1-17-13-36(15-23(36)37)14-20(17)39-27(38)19-8-10-22-18(12-19)9-11-24(53-22)35(7,30(47)48)55-43-25(21-16-57-31(40-21)42-32(49)54-33(2,3)4)28(45)41-26-29(46)44(34(26,5)6)56-58(50,51)52/h8,10,12,16-17,20,23-24,26H,9,11,13-15,37H2,1-7H3,(H2,38,39)(H,41,45)(H,47,48)(H,40,42,49)(H,50,51,52)/b43-25-/t17-,20+,23+,24-,26-,35+,36?/m1/s1. The molecule has 3 heterocycles. The predicted octanol–water partition coefficient (Wildman–Crippen LogP) is 2.72. The van der Waals surface area contributed by atoms with Gasteiger partial charge in [-0.1, -0.05) is 12.1 Å². The molecule has 2 aliphatic heterocycles. The number of carbonyl (C=O) groups excluding carboxylic acids is 3. The monoisotopic (exact) mass is 848 g/mol. The Balaban J connectivity index is 1.21. The molecule has 2 saturated carbocycles. The number of nitrogens with one attached hydrogen (secondary N) is 4. The molecule has 0 bridgehead atoms. The van der Waals surface area contributed by atoms with E-state index in [1.54, 1.807) is 32.9 Å². The first-order valence-electron chi connectivity index (χ1n) is 18.5. The Bertz CT molecular complexity index is 2170. The maximum atomic E-state index is 13.8. The van der Waals surface area contributed by atoms with Gasteiger partial charge in [0.15, 0.2) is 16.9 Å². The molecule has 1 aromatic heterocycles. The maximum Gasteiger partial charge on any atom is 0.418 e. The topological polar surface area (TPSA) is 294 Å². The van der Waals surface area contributed by atoms with Crippen LogP contribution in [0.4, 0.5) is 9.93 Å². The van der Waals surface area contributed by atoms with Crippen LogP contribution in [-0.2, 0) is 45.1 Å². The number of amides is 3. The van der Waals surface area contributed by atoms with Gasteiger partial charge in [-0.05, 0) is 109 Å². The first-order valence-corrected chi connectivity index (χ1v) is 20.7. The summed E-state index contributed by atoms with van der Waals surface area (Å²) in [4.78, 5) is 61.9. The zero-order valence-corrected chi connectivity index (χ0v) is 34.6. The number of β-lactam (4-membered cyclic amide) rings is 1. The first kappa shape index (κ1) is 42.7. The molecule has 6 rings (SSSR count). The van der Waals surface area contributed by atoms with Gasteiger partial charge in [-0.25, -0.2) is 14.6 Å². The molecule has 20 nitrogen and oxygen atoms in total. The highest BCUT2D eigenvalue weighted by Crippen LogP contribution is 2.58. The lowest BCUT2D eigenvalue weighted by Gasteiger charge is -2.50. The van der Waals surface area contributed by atoms with Gasteiger partial charge in [0.05, 0.1) is 5.54 Å². The normalized spacial score (nSPS) is 27.3. The number of amidine groups is 1. The number of aliphatic carboxylic acids is 1. The number of nitrogens with zero attached hydrogens (tertiary/aromatic N) is 3. The van der Waals surface area contributed by atoms with Crippen LogP contribution >= 0.6 is 11.3 Å². The fraction of sp³-hybridized carbons (Fsp3) is 0.583. The van der Waals surface area contributed by atoms with Gasteiger partial charge in [0.2, 0.25) is 0 Å². The van der Waals surface area contributed by atoms with Gasteiger partial charge in [0.1, 0.15) is 28.9 Å². The van der Waals surface area contributed by atoms with Crippen molar-refractivity contribution in [3.05, 3.63) is 40.4 Å². The summed E-state index contributed by atoms with van der Waals surface area (Å²) in [5, 5.41) is 33.1. The number of fused-ring (bicyclic) bond motifs is 1. The van der Waals surface area contributed by atoms with Crippen molar-refractivity contribution in [2.75, 3.05) is 5.32 Å². The van der Waals surface area contributed by atoms with E-state index in [9.17, 15) is 32.7 Å². The molecule has 3 fully saturated rings. The fourth-order valence-electron chi connectivity index (χ4n) is 7.58. The lowest BCUT2D eigenvalue weighted by Crippen LogP contribution is -2.76. The molecule has 2 aliphatic carbocycles. The summed E-state index contributed by atoms with van der Waals surface area (Å²) in [7, 11) is -5.08. The molecule has 316 valence electrons. The van der Waals surface area contributed by atoms with Gasteiger partial charge in [0.25, 0.3) is 17.4 Å². The van der Waals surface area contributed by atoms with Crippen LogP contribution in [0.5, 0.6) is 5.75 Å². The van der Waals surface area contributed by atoms with Crippen molar-refractivity contribution in [2.24, 2.45) is 22.2 Å². The molecule has 1 saturated heterocycles. The number of rotatable bonds is 12. The van der Waals surface area contributed by atoms with E-state index in [4.69, 9.17) is 30.0 Å². The van der Waals surface area contributed by atoms with Crippen LogP contribution in [0.25, 0.3) is 0 Å². The molecule has 58 heavy (non-hydrogen) atoms. The number of anilines is 1. The summed E-state index contributed by atoms with van der Waals surface area (Å²) in [5.41, 5.74) is 2.42. The zero-order chi connectivity index (χ0) is 42.7. The van der Waals surface area contributed by atoms with E-state index in [0.29, 0.717) is 28.7 Å². The number of hydrogen-bond donors (Lipinski definition) is 7. The third-order valence-corrected chi connectivity index (χ3v) is 12.1. The average Bonchev–Trinajstić information content (AvgIpc) is 3.37. The van der Waals surface area contributed by atoms with Gasteiger partial charge in [-0.15, -0.1) is 15.6 Å². The van der Waals surface area contributed by atoms with Gasteiger partial charge in [0, 0.05) is 23.0 Å². The van der Waals surface area contributed by atoms with Crippen LogP contribution < -0.4 is 26.4 Å². The van der Waals surface area contributed by atoms with Crippen LogP contribution in [0.2, 0.25) is 0 Å². The van der Waals surface area contributed by atoms with E-state index >= 15 is 0 Å². The number of carboxylic acids is 1. The minimum Gasteiger partial charge on any atom is -0.485 e. The van der Waals surface area contributed by atoms with Crippen molar-refractivity contribution in [1.29, 1.82) is 5.41 Å². The van der Waals surface area contributed by atoms with Crippen molar-refractivity contribution in [3.8, 4) is 5.75 Å². The molecule has 1 spiro atoms. The average molecular weight is 849 g/mol. The van der Waals surface area contributed by atoms with E-state index in [0.717, 1.165) is 36.2 Å². The zero-order valence-electron chi connectivity index (χ0n) is 32.9. The summed E-state index contributed by atoms with van der Waals surface area (Å²) >= 11 is 0.875. The number of oxime groups is 1. The Morgan fingerprint density at radius 1 is 1.16 bits per heavy atom. The number of aryl methyl sites for hydroxylation is 1. The molecule has 22 heteroatoms. The molecule has 4 aliphatic rings. The van der Waals surface area contributed by atoms with E-state index in [2.05, 4.69) is 37.3 Å². The van der Waals surface area contributed by atoms with E-state index in [1.165, 1.54) is 26.2 Å². The molecule has 2 aromatic rings. The molecule has 8 N–H and O–H groups in total. The fourth-order valence-corrected chi connectivity index (χ4v) is 8.71. The van der Waals surface area contributed by atoms with Crippen molar-refractivity contribution >= 4 is 62.3 Å². The second-order valence-corrected chi connectivity index (χ2v) is 18.8. The molecular formula is C36H48N8O12S2. The third-order valence-electron chi connectivity index (χ3n) is 11.0. The lowest BCUT2D eigenvalue weighted by atomic mass is 9.84. The number of carbonyl (C=O) groups is 4. The number of ether oxygens (including phenoxy) is 2. The van der Waals surface area contributed by atoms with E-state index in [1.807, 2.05) is 6.07 Å². The largest absolute Gasteiger partial charge is 0.485 e. The molecule has 1 unspecified atom stereocenters. The van der Waals surface area contributed by atoms with Crippen LogP contribution in [-0.4, -0.2) is 105 Å². The van der Waals surface area contributed by atoms with Crippen molar-refractivity contribution in [3.63, 3.8) is 0 Å². The minimum absolute atomic E-state index is 0.0258. The smallest absolute Gasteiger partial charge is 0.418 e. The highest BCUT2D eigenvalue weighted by Gasteiger charge is 2.59. The Morgan fingerprint density at radius 2 is 1.84 bits per heavy atom. The predicted molar refractivity (Wildman–Crippen MR) is 207 cm³/mol. The van der Waals surface area contributed by atoms with Crippen LogP contribution in [0.1, 0.15) is 91.0 Å². The number of nitrogens with two attached hydrogens (primary N) is 1. The molecule has 0 radical (unpaired) electrons. The quantitative estimate of drug-likeness (QED) is 0.0531.